The van der Waals surface area contributed by atoms with Gasteiger partial charge < -0.3 is 31.1 Å². The average Bonchev–Trinajstić information content (AvgIpc) is 2.97. The van der Waals surface area contributed by atoms with Crippen LogP contribution < -0.4 is 21.3 Å². The number of nitrogens with one attached hydrogen (secondary N) is 4. The SMILES string of the molecule is CCCCCN(C)CCCCNC(=O)Nc1cccc(Cc2cccc(NC(=O)NCCCCN(C)CCCCC)c2)c1. The molecule has 43 heavy (non-hydrogen) atoms. The van der Waals surface area contributed by atoms with Gasteiger partial charge in [0.25, 0.3) is 0 Å². The number of nitrogens with zero attached hydrogens (tertiary/aromatic N) is 2. The monoisotopic (exact) mass is 594 g/mol. The van der Waals surface area contributed by atoms with Crippen LogP contribution in [-0.2, 0) is 6.42 Å². The van der Waals surface area contributed by atoms with Crippen LogP contribution in [0.4, 0.5) is 21.0 Å². The van der Waals surface area contributed by atoms with Crippen molar-refractivity contribution in [3.63, 3.8) is 0 Å². The molecule has 0 aliphatic carbocycles. The summed E-state index contributed by atoms with van der Waals surface area (Å²) in [5.41, 5.74) is 3.72. The van der Waals surface area contributed by atoms with Crippen LogP contribution in [0.2, 0.25) is 0 Å². The fourth-order valence-corrected chi connectivity index (χ4v) is 5.01. The summed E-state index contributed by atoms with van der Waals surface area (Å²) in [4.78, 5) is 29.6. The molecule has 0 fully saturated rings. The minimum absolute atomic E-state index is 0.176. The number of anilines is 2. The molecule has 240 valence electrons. The maximum absolute atomic E-state index is 12.4. The Bertz CT molecular complexity index is 965. The highest BCUT2D eigenvalue weighted by Crippen LogP contribution is 2.18. The van der Waals surface area contributed by atoms with Gasteiger partial charge in [-0.05, 0) is 121 Å². The molecule has 0 spiro atoms. The minimum Gasteiger partial charge on any atom is -0.338 e. The first-order chi connectivity index (χ1) is 20.9. The number of carbonyl (C=O) groups excluding carboxylic acids is 2. The third kappa shape index (κ3) is 17.6. The summed E-state index contributed by atoms with van der Waals surface area (Å²) < 4.78 is 0. The lowest BCUT2D eigenvalue weighted by molar-refractivity contribution is 0.250. The maximum Gasteiger partial charge on any atom is 0.319 e. The number of unbranched alkanes of at least 4 members (excludes halogenated alkanes) is 6. The molecule has 0 heterocycles. The number of rotatable bonds is 22. The highest BCUT2D eigenvalue weighted by molar-refractivity contribution is 5.89. The first-order valence-corrected chi connectivity index (χ1v) is 16.5. The van der Waals surface area contributed by atoms with Gasteiger partial charge >= 0.3 is 12.1 Å². The number of benzene rings is 2. The van der Waals surface area contributed by atoms with Crippen molar-refractivity contribution < 1.29 is 9.59 Å². The molecule has 0 saturated carbocycles. The van der Waals surface area contributed by atoms with E-state index in [0.717, 1.165) is 74.4 Å². The zero-order chi connectivity index (χ0) is 31.1. The van der Waals surface area contributed by atoms with Crippen molar-refractivity contribution in [2.75, 3.05) is 64.0 Å². The summed E-state index contributed by atoms with van der Waals surface area (Å²) in [6.45, 7) is 10.2. The second-order valence-corrected chi connectivity index (χ2v) is 11.8. The molecule has 0 saturated heterocycles. The van der Waals surface area contributed by atoms with E-state index < -0.39 is 0 Å². The van der Waals surface area contributed by atoms with Crippen molar-refractivity contribution in [3.8, 4) is 0 Å². The van der Waals surface area contributed by atoms with Crippen LogP contribution in [0.15, 0.2) is 48.5 Å². The van der Waals surface area contributed by atoms with Gasteiger partial charge in [-0.15, -0.1) is 0 Å². The van der Waals surface area contributed by atoms with E-state index in [-0.39, 0.29) is 12.1 Å². The van der Waals surface area contributed by atoms with Gasteiger partial charge in [0.2, 0.25) is 0 Å². The summed E-state index contributed by atoms with van der Waals surface area (Å²) >= 11 is 0. The van der Waals surface area contributed by atoms with Crippen molar-refractivity contribution in [2.45, 2.75) is 84.5 Å². The van der Waals surface area contributed by atoms with Gasteiger partial charge in [0.15, 0.2) is 0 Å². The van der Waals surface area contributed by atoms with E-state index in [1.807, 2.05) is 48.5 Å². The molecule has 2 aromatic rings. The standard InChI is InChI=1S/C35H58N6O2/c1-5-7-11-23-40(3)25-13-9-21-36-34(42)38-32-19-15-17-30(28-32)27-31-18-16-20-33(29-31)39-35(43)37-22-10-14-26-41(4)24-12-8-6-2/h15-20,28-29H,5-14,21-27H2,1-4H3,(H2,36,38,42)(H2,37,39,43). The lowest BCUT2D eigenvalue weighted by Gasteiger charge is -2.16. The van der Waals surface area contributed by atoms with Crippen LogP contribution in [0.1, 0.15) is 89.2 Å². The van der Waals surface area contributed by atoms with Crippen LogP contribution in [0.3, 0.4) is 0 Å². The summed E-state index contributed by atoms with van der Waals surface area (Å²) in [5, 5.41) is 11.9. The Morgan fingerprint density at radius 1 is 0.581 bits per heavy atom. The molecule has 8 heteroatoms. The Labute approximate surface area is 261 Å². The van der Waals surface area contributed by atoms with Gasteiger partial charge in [-0.2, -0.15) is 0 Å². The first kappa shape index (κ1) is 36.1. The molecule has 0 bridgehead atoms. The Hall–Kier alpha value is -3.10. The van der Waals surface area contributed by atoms with Crippen LogP contribution in [-0.4, -0.2) is 75.2 Å². The molecule has 0 radical (unpaired) electrons. The van der Waals surface area contributed by atoms with E-state index in [0.29, 0.717) is 19.5 Å². The van der Waals surface area contributed by atoms with Crippen LogP contribution in [0.5, 0.6) is 0 Å². The van der Waals surface area contributed by atoms with E-state index in [2.05, 4.69) is 59.0 Å². The number of urea groups is 2. The quantitative estimate of drug-likeness (QED) is 0.108. The predicted octanol–water partition coefficient (Wildman–Crippen LogP) is 7.32. The number of carbonyl (C=O) groups is 2. The highest BCUT2D eigenvalue weighted by Gasteiger charge is 2.06. The van der Waals surface area contributed by atoms with Gasteiger partial charge in [-0.3, -0.25) is 0 Å². The third-order valence-corrected chi connectivity index (χ3v) is 7.57. The van der Waals surface area contributed by atoms with E-state index in [4.69, 9.17) is 0 Å². The van der Waals surface area contributed by atoms with Crippen molar-refractivity contribution in [1.29, 1.82) is 0 Å². The topological polar surface area (TPSA) is 88.7 Å². The van der Waals surface area contributed by atoms with Gasteiger partial charge in [0.05, 0.1) is 0 Å². The summed E-state index contributed by atoms with van der Waals surface area (Å²) in [5.74, 6) is 0. The second kappa shape index (κ2) is 22.4. The Morgan fingerprint density at radius 2 is 0.977 bits per heavy atom. The van der Waals surface area contributed by atoms with E-state index in [1.165, 1.54) is 38.5 Å². The van der Waals surface area contributed by atoms with Crippen molar-refractivity contribution >= 4 is 23.4 Å². The second-order valence-electron chi connectivity index (χ2n) is 11.8. The molecule has 2 aromatic carbocycles. The summed E-state index contributed by atoms with van der Waals surface area (Å²) in [6, 6.07) is 15.5. The third-order valence-electron chi connectivity index (χ3n) is 7.57. The summed E-state index contributed by atoms with van der Waals surface area (Å²) in [7, 11) is 4.34. The fraction of sp³-hybridized carbons (Fsp3) is 0.600. The fourth-order valence-electron chi connectivity index (χ4n) is 5.01. The van der Waals surface area contributed by atoms with Crippen molar-refractivity contribution in [2.24, 2.45) is 0 Å². The average molecular weight is 595 g/mol. The predicted molar refractivity (Wildman–Crippen MR) is 182 cm³/mol. The maximum atomic E-state index is 12.4. The molecule has 2 rings (SSSR count). The molecule has 0 aliphatic rings. The largest absolute Gasteiger partial charge is 0.338 e. The Morgan fingerprint density at radius 3 is 1.37 bits per heavy atom. The zero-order valence-corrected chi connectivity index (χ0v) is 27.4. The zero-order valence-electron chi connectivity index (χ0n) is 27.4. The van der Waals surface area contributed by atoms with Gasteiger partial charge in [0.1, 0.15) is 0 Å². The van der Waals surface area contributed by atoms with Gasteiger partial charge in [-0.1, -0.05) is 63.8 Å². The normalized spacial score (nSPS) is 11.1. The molecular weight excluding hydrogens is 536 g/mol. The van der Waals surface area contributed by atoms with Crippen LogP contribution in [0, 0.1) is 0 Å². The lowest BCUT2D eigenvalue weighted by Crippen LogP contribution is -2.30. The molecule has 0 unspecified atom stereocenters. The molecular formula is C35H58N6O2. The van der Waals surface area contributed by atoms with E-state index >= 15 is 0 Å². The minimum atomic E-state index is -0.176. The lowest BCUT2D eigenvalue weighted by atomic mass is 10.0. The number of hydrogen-bond acceptors (Lipinski definition) is 4. The van der Waals surface area contributed by atoms with E-state index in [1.54, 1.807) is 0 Å². The Balaban J connectivity index is 1.68. The highest BCUT2D eigenvalue weighted by atomic mass is 16.2. The van der Waals surface area contributed by atoms with E-state index in [9.17, 15) is 9.59 Å². The van der Waals surface area contributed by atoms with Gasteiger partial charge in [0, 0.05) is 24.5 Å². The molecule has 0 aromatic heterocycles. The molecule has 0 atom stereocenters. The first-order valence-electron chi connectivity index (χ1n) is 16.5. The van der Waals surface area contributed by atoms with Crippen LogP contribution in [0.25, 0.3) is 0 Å². The number of amides is 4. The molecule has 4 amide bonds. The Kier molecular flexibility index (Phi) is 18.8. The van der Waals surface area contributed by atoms with Crippen LogP contribution >= 0.6 is 0 Å². The van der Waals surface area contributed by atoms with Gasteiger partial charge in [-0.25, -0.2) is 9.59 Å². The van der Waals surface area contributed by atoms with Crippen molar-refractivity contribution in [3.05, 3.63) is 59.7 Å². The molecule has 8 nitrogen and oxygen atoms in total. The smallest absolute Gasteiger partial charge is 0.319 e. The van der Waals surface area contributed by atoms with Crippen molar-refractivity contribution in [1.82, 2.24) is 20.4 Å². The number of hydrogen-bond donors (Lipinski definition) is 4. The summed E-state index contributed by atoms with van der Waals surface area (Å²) in [6.07, 6.45) is 12.4. The molecule has 0 aliphatic heterocycles. The molecule has 4 N–H and O–H groups in total.